The minimum atomic E-state index is 0.0965. The van der Waals surface area contributed by atoms with Crippen LogP contribution in [0, 0.1) is 0 Å². The first-order valence-corrected chi connectivity index (χ1v) is 6.77. The normalized spacial score (nSPS) is 15.1. The zero-order valence-electron chi connectivity index (χ0n) is 11.4. The molecule has 1 unspecified atom stereocenters. The summed E-state index contributed by atoms with van der Waals surface area (Å²) in [5.41, 5.74) is 3.53. The van der Waals surface area contributed by atoms with Crippen molar-refractivity contribution in [2.45, 2.75) is 19.4 Å². The first kappa shape index (κ1) is 12.2. The average molecular weight is 257 g/mol. The highest BCUT2D eigenvalue weighted by atomic mass is 16.5. The molecule has 100 valence electrons. The highest BCUT2D eigenvalue weighted by Crippen LogP contribution is 2.35. The van der Waals surface area contributed by atoms with Crippen molar-refractivity contribution >= 4 is 0 Å². The van der Waals surface area contributed by atoms with Gasteiger partial charge in [-0.1, -0.05) is 25.1 Å². The predicted molar refractivity (Wildman–Crippen MR) is 74.4 cm³/mol. The lowest BCUT2D eigenvalue weighted by molar-refractivity contribution is 0.350. The molecule has 4 heteroatoms. The molecule has 0 fully saturated rings. The van der Waals surface area contributed by atoms with E-state index in [2.05, 4.69) is 41.6 Å². The van der Waals surface area contributed by atoms with Gasteiger partial charge in [0.25, 0.3) is 0 Å². The van der Waals surface area contributed by atoms with Crippen LogP contribution >= 0.6 is 0 Å². The molecule has 3 rings (SSSR count). The second-order valence-corrected chi connectivity index (χ2v) is 4.84. The smallest absolute Gasteiger partial charge is 0.127 e. The maximum Gasteiger partial charge on any atom is 0.127 e. The molecular formula is C15H19N3O. The van der Waals surface area contributed by atoms with Crippen molar-refractivity contribution in [1.82, 2.24) is 15.1 Å². The third-order valence-corrected chi connectivity index (χ3v) is 3.49. The number of fused-ring (bicyclic) bond motifs is 1. The zero-order chi connectivity index (χ0) is 13.2. The third-order valence-electron chi connectivity index (χ3n) is 3.49. The van der Waals surface area contributed by atoms with E-state index in [1.165, 1.54) is 11.1 Å². The van der Waals surface area contributed by atoms with Gasteiger partial charge in [0.1, 0.15) is 5.75 Å². The van der Waals surface area contributed by atoms with Gasteiger partial charge in [-0.05, 0) is 18.2 Å². The van der Waals surface area contributed by atoms with E-state index in [4.69, 9.17) is 4.74 Å². The van der Waals surface area contributed by atoms with E-state index in [9.17, 15) is 0 Å². The fraction of sp³-hybridized carbons (Fsp3) is 0.400. The molecule has 1 aromatic carbocycles. The lowest BCUT2D eigenvalue weighted by Gasteiger charge is -2.18. The van der Waals surface area contributed by atoms with E-state index >= 15 is 0 Å². The number of hydrogen-bond donors (Lipinski definition) is 1. The molecule has 0 radical (unpaired) electrons. The number of aromatic nitrogens is 2. The number of hydrogen-bond acceptors (Lipinski definition) is 3. The second-order valence-electron chi connectivity index (χ2n) is 4.84. The molecule has 1 aliphatic heterocycles. The molecular weight excluding hydrogens is 238 g/mol. The van der Waals surface area contributed by atoms with Gasteiger partial charge in [0.05, 0.1) is 18.3 Å². The minimum absolute atomic E-state index is 0.0965. The average Bonchev–Trinajstić information content (AvgIpc) is 3.04. The summed E-state index contributed by atoms with van der Waals surface area (Å²) in [6.07, 6.45) is 2.98. The molecule has 1 aliphatic rings. The Morgan fingerprint density at radius 3 is 3.05 bits per heavy atom. The van der Waals surface area contributed by atoms with E-state index in [0.717, 1.165) is 31.0 Å². The molecule has 0 aliphatic carbocycles. The van der Waals surface area contributed by atoms with Crippen LogP contribution in [0.4, 0.5) is 0 Å². The summed E-state index contributed by atoms with van der Waals surface area (Å²) in [5.74, 6) is 1.04. The van der Waals surface area contributed by atoms with E-state index < -0.39 is 0 Å². The monoisotopic (exact) mass is 257 g/mol. The van der Waals surface area contributed by atoms with Crippen LogP contribution < -0.4 is 10.1 Å². The Bertz CT molecular complexity index is 577. The van der Waals surface area contributed by atoms with E-state index in [1.807, 2.05) is 17.9 Å². The zero-order valence-corrected chi connectivity index (χ0v) is 11.4. The van der Waals surface area contributed by atoms with Gasteiger partial charge in [0.15, 0.2) is 0 Å². The molecule has 1 N–H and O–H groups in total. The molecule has 1 aromatic heterocycles. The molecule has 2 aromatic rings. The number of ether oxygens (including phenoxy) is 1. The summed E-state index contributed by atoms with van der Waals surface area (Å²) >= 11 is 0. The molecule has 0 saturated heterocycles. The van der Waals surface area contributed by atoms with Crippen LogP contribution in [0.2, 0.25) is 0 Å². The van der Waals surface area contributed by atoms with Gasteiger partial charge in [-0.25, -0.2) is 0 Å². The van der Waals surface area contributed by atoms with Crippen molar-refractivity contribution in [3.63, 3.8) is 0 Å². The van der Waals surface area contributed by atoms with Crippen molar-refractivity contribution < 1.29 is 4.74 Å². The van der Waals surface area contributed by atoms with Gasteiger partial charge >= 0.3 is 0 Å². The van der Waals surface area contributed by atoms with Gasteiger partial charge in [0.2, 0.25) is 0 Å². The first-order chi connectivity index (χ1) is 9.29. The van der Waals surface area contributed by atoms with Gasteiger partial charge in [-0.3, -0.25) is 4.68 Å². The molecule has 0 amide bonds. The first-order valence-electron chi connectivity index (χ1n) is 6.77. The Kier molecular flexibility index (Phi) is 3.25. The summed E-state index contributed by atoms with van der Waals surface area (Å²) in [4.78, 5) is 0. The van der Waals surface area contributed by atoms with E-state index in [1.54, 1.807) is 0 Å². The number of benzene rings is 1. The summed E-state index contributed by atoms with van der Waals surface area (Å²) in [7, 11) is 1.94. The molecule has 19 heavy (non-hydrogen) atoms. The van der Waals surface area contributed by atoms with Crippen LogP contribution in [0.15, 0.2) is 30.5 Å². The van der Waals surface area contributed by atoms with Crippen molar-refractivity contribution in [3.05, 3.63) is 47.3 Å². The summed E-state index contributed by atoms with van der Waals surface area (Å²) in [5, 5.41) is 8.03. The van der Waals surface area contributed by atoms with Crippen molar-refractivity contribution in [3.8, 4) is 5.75 Å². The molecule has 0 bridgehead atoms. The second kappa shape index (κ2) is 5.05. The van der Waals surface area contributed by atoms with Crippen molar-refractivity contribution in [1.29, 1.82) is 0 Å². The number of para-hydroxylation sites is 1. The largest absolute Gasteiger partial charge is 0.493 e. The van der Waals surface area contributed by atoms with E-state index in [0.29, 0.717) is 0 Å². The van der Waals surface area contributed by atoms with Crippen LogP contribution in [0.1, 0.15) is 29.8 Å². The third kappa shape index (κ3) is 2.24. The van der Waals surface area contributed by atoms with Crippen LogP contribution in [0.25, 0.3) is 0 Å². The lowest BCUT2D eigenvalue weighted by Crippen LogP contribution is -2.23. The Morgan fingerprint density at radius 1 is 1.42 bits per heavy atom. The molecule has 2 heterocycles. The Labute approximate surface area is 113 Å². The fourth-order valence-corrected chi connectivity index (χ4v) is 2.63. The molecule has 0 saturated carbocycles. The molecule has 0 spiro atoms. The predicted octanol–water partition coefficient (Wildman–Crippen LogP) is 2.05. The van der Waals surface area contributed by atoms with Crippen molar-refractivity contribution in [2.75, 3.05) is 13.2 Å². The summed E-state index contributed by atoms with van der Waals surface area (Å²) in [6.45, 7) is 3.79. The topological polar surface area (TPSA) is 39.1 Å². The number of rotatable bonds is 4. The van der Waals surface area contributed by atoms with Crippen LogP contribution in [-0.4, -0.2) is 22.9 Å². The quantitative estimate of drug-likeness (QED) is 0.911. The minimum Gasteiger partial charge on any atom is -0.493 e. The van der Waals surface area contributed by atoms with Crippen LogP contribution in [-0.2, 0) is 13.5 Å². The fourth-order valence-electron chi connectivity index (χ4n) is 2.63. The number of nitrogens with zero attached hydrogens (tertiary/aromatic N) is 2. The molecule has 4 nitrogen and oxygen atoms in total. The number of aryl methyl sites for hydroxylation is 1. The standard InChI is InChI=1S/C15H19N3O/c1-3-16-14(13-7-9-18(2)17-13)12-6-4-5-11-8-10-19-15(11)12/h4-7,9,14,16H,3,8,10H2,1-2H3. The highest BCUT2D eigenvalue weighted by molar-refractivity contribution is 5.47. The van der Waals surface area contributed by atoms with Crippen LogP contribution in [0.3, 0.4) is 0 Å². The van der Waals surface area contributed by atoms with Crippen LogP contribution in [0.5, 0.6) is 5.75 Å². The van der Waals surface area contributed by atoms with Gasteiger partial charge in [-0.15, -0.1) is 0 Å². The van der Waals surface area contributed by atoms with Gasteiger partial charge in [-0.2, -0.15) is 5.10 Å². The Hall–Kier alpha value is -1.81. The SMILES string of the molecule is CCNC(c1ccn(C)n1)c1cccc2c1OCC2. The summed E-state index contributed by atoms with van der Waals surface area (Å²) in [6, 6.07) is 8.54. The van der Waals surface area contributed by atoms with Crippen molar-refractivity contribution in [2.24, 2.45) is 7.05 Å². The molecule has 1 atom stereocenters. The maximum atomic E-state index is 5.81. The highest BCUT2D eigenvalue weighted by Gasteiger charge is 2.24. The Balaban J connectivity index is 2.03. The van der Waals surface area contributed by atoms with Gasteiger partial charge in [0, 0.05) is 25.2 Å². The van der Waals surface area contributed by atoms with Gasteiger partial charge < -0.3 is 10.1 Å². The maximum absolute atomic E-state index is 5.81. The van der Waals surface area contributed by atoms with E-state index in [-0.39, 0.29) is 6.04 Å². The summed E-state index contributed by atoms with van der Waals surface area (Å²) < 4.78 is 7.65. The Morgan fingerprint density at radius 2 is 2.32 bits per heavy atom. The number of nitrogens with one attached hydrogen (secondary N) is 1. The lowest BCUT2D eigenvalue weighted by atomic mass is 9.99.